The Kier molecular flexibility index (Phi) is 5.18. The van der Waals surface area contributed by atoms with Crippen molar-refractivity contribution in [2.75, 3.05) is 23.9 Å². The fraction of sp³-hybridized carbons (Fsp3) is 0.200. The average molecular weight is 413 g/mol. The Morgan fingerprint density at radius 1 is 1.17 bits per heavy atom. The number of carbonyl (C=O) groups is 2. The van der Waals surface area contributed by atoms with Crippen LogP contribution in [0, 0.1) is 0 Å². The van der Waals surface area contributed by atoms with Crippen molar-refractivity contribution in [3.8, 4) is 5.75 Å². The largest absolute Gasteiger partial charge is 0.497 e. The van der Waals surface area contributed by atoms with Crippen LogP contribution in [-0.4, -0.2) is 35.7 Å². The molecule has 8 nitrogen and oxygen atoms in total. The molecule has 29 heavy (non-hydrogen) atoms. The lowest BCUT2D eigenvalue weighted by molar-refractivity contribution is -0.117. The van der Waals surface area contributed by atoms with E-state index in [1.165, 1.54) is 0 Å². The molecule has 0 spiro atoms. The topological polar surface area (TPSA) is 97.6 Å². The smallest absolute Gasteiger partial charge is 0.322 e. The van der Waals surface area contributed by atoms with Gasteiger partial charge in [0.15, 0.2) is 0 Å². The third-order valence-corrected chi connectivity index (χ3v) is 4.88. The molecule has 1 N–H and O–H groups in total. The van der Waals surface area contributed by atoms with Gasteiger partial charge in [-0.3, -0.25) is 14.9 Å². The number of halogens is 1. The lowest BCUT2D eigenvalue weighted by Gasteiger charge is -2.16. The Labute approximate surface area is 171 Å². The zero-order chi connectivity index (χ0) is 20.4. The summed E-state index contributed by atoms with van der Waals surface area (Å²) in [6.07, 6.45) is 0.249. The Morgan fingerprint density at radius 3 is 2.59 bits per heavy atom. The van der Waals surface area contributed by atoms with Gasteiger partial charge in [0.2, 0.25) is 11.8 Å². The predicted octanol–water partition coefficient (Wildman–Crippen LogP) is 3.50. The first kappa shape index (κ1) is 18.9. The number of hydrogen-bond acceptors (Lipinski definition) is 6. The second-order valence-corrected chi connectivity index (χ2v) is 6.95. The molecule has 2 heterocycles. The summed E-state index contributed by atoms with van der Waals surface area (Å²) < 4.78 is 10.7. The van der Waals surface area contributed by atoms with Crippen LogP contribution in [0.4, 0.5) is 11.7 Å². The monoisotopic (exact) mass is 412 g/mol. The molecule has 3 aromatic rings. The number of rotatable bonds is 5. The van der Waals surface area contributed by atoms with E-state index in [2.05, 4.69) is 15.5 Å². The molecule has 2 amide bonds. The standard InChI is InChI=1S/C20H17ClN4O4/c1-28-16-8-6-15(7-9-16)25-11-13(10-17(25)26)19-23-24-20(29-19)22-18(27)12-2-4-14(21)5-3-12/h2-9,13H,10-11H2,1H3,(H,22,24,27). The normalized spacial score (nSPS) is 16.1. The Bertz CT molecular complexity index is 1030. The number of nitrogens with zero attached hydrogens (tertiary/aromatic N) is 3. The van der Waals surface area contributed by atoms with Crippen LogP contribution in [0.5, 0.6) is 5.75 Å². The fourth-order valence-electron chi connectivity index (χ4n) is 3.11. The maximum atomic E-state index is 12.4. The van der Waals surface area contributed by atoms with Crippen molar-refractivity contribution in [1.82, 2.24) is 10.2 Å². The zero-order valence-electron chi connectivity index (χ0n) is 15.5. The number of anilines is 2. The second-order valence-electron chi connectivity index (χ2n) is 6.51. The van der Waals surface area contributed by atoms with Crippen molar-refractivity contribution in [3.63, 3.8) is 0 Å². The van der Waals surface area contributed by atoms with E-state index in [-0.39, 0.29) is 30.2 Å². The van der Waals surface area contributed by atoms with Gasteiger partial charge in [0, 0.05) is 29.2 Å². The number of carbonyl (C=O) groups excluding carboxylic acids is 2. The molecular weight excluding hydrogens is 396 g/mol. The van der Waals surface area contributed by atoms with Crippen LogP contribution in [0.25, 0.3) is 0 Å². The van der Waals surface area contributed by atoms with E-state index in [9.17, 15) is 9.59 Å². The highest BCUT2D eigenvalue weighted by Gasteiger charge is 2.35. The third kappa shape index (κ3) is 4.07. The Balaban J connectivity index is 1.43. The van der Waals surface area contributed by atoms with E-state index >= 15 is 0 Å². The molecule has 0 bridgehead atoms. The molecule has 1 saturated heterocycles. The van der Waals surface area contributed by atoms with Crippen LogP contribution >= 0.6 is 11.6 Å². The van der Waals surface area contributed by atoms with Gasteiger partial charge in [0.05, 0.1) is 13.0 Å². The first-order valence-electron chi connectivity index (χ1n) is 8.88. The summed E-state index contributed by atoms with van der Waals surface area (Å²) in [5.74, 6) is 0.346. The van der Waals surface area contributed by atoms with Crippen molar-refractivity contribution in [2.24, 2.45) is 0 Å². The van der Waals surface area contributed by atoms with Gasteiger partial charge < -0.3 is 14.1 Å². The van der Waals surface area contributed by atoms with Gasteiger partial charge in [-0.25, -0.2) is 0 Å². The highest BCUT2D eigenvalue weighted by atomic mass is 35.5. The lowest BCUT2D eigenvalue weighted by atomic mass is 10.1. The van der Waals surface area contributed by atoms with Crippen molar-refractivity contribution < 1.29 is 18.7 Å². The van der Waals surface area contributed by atoms with E-state index < -0.39 is 0 Å². The van der Waals surface area contributed by atoms with Crippen LogP contribution in [0.2, 0.25) is 5.02 Å². The summed E-state index contributed by atoms with van der Waals surface area (Å²) >= 11 is 5.83. The van der Waals surface area contributed by atoms with Crippen molar-refractivity contribution in [1.29, 1.82) is 0 Å². The van der Waals surface area contributed by atoms with Gasteiger partial charge in [-0.15, -0.1) is 5.10 Å². The van der Waals surface area contributed by atoms with Crippen molar-refractivity contribution in [2.45, 2.75) is 12.3 Å². The van der Waals surface area contributed by atoms with Gasteiger partial charge in [-0.1, -0.05) is 16.7 Å². The van der Waals surface area contributed by atoms with Crippen LogP contribution < -0.4 is 15.0 Å². The van der Waals surface area contributed by atoms with E-state index in [1.807, 2.05) is 12.1 Å². The molecule has 0 aliphatic carbocycles. The average Bonchev–Trinajstić information content (AvgIpc) is 3.35. The van der Waals surface area contributed by atoms with E-state index in [0.717, 1.165) is 11.4 Å². The summed E-state index contributed by atoms with van der Waals surface area (Å²) in [5.41, 5.74) is 1.19. The molecule has 9 heteroatoms. The Morgan fingerprint density at radius 2 is 1.90 bits per heavy atom. The molecule has 4 rings (SSSR count). The maximum Gasteiger partial charge on any atom is 0.322 e. The number of methoxy groups -OCH3 is 1. The van der Waals surface area contributed by atoms with Gasteiger partial charge >= 0.3 is 6.01 Å². The number of ether oxygens (including phenoxy) is 1. The van der Waals surface area contributed by atoms with Crippen LogP contribution in [0.1, 0.15) is 28.6 Å². The van der Waals surface area contributed by atoms with Crippen molar-refractivity contribution >= 4 is 35.1 Å². The van der Waals surface area contributed by atoms with Gasteiger partial charge in [-0.2, -0.15) is 0 Å². The van der Waals surface area contributed by atoms with Crippen LogP contribution in [0.3, 0.4) is 0 Å². The number of amides is 2. The van der Waals surface area contributed by atoms with E-state index in [0.29, 0.717) is 23.0 Å². The molecule has 148 valence electrons. The summed E-state index contributed by atoms with van der Waals surface area (Å²) in [5, 5.41) is 11.0. The summed E-state index contributed by atoms with van der Waals surface area (Å²) in [6, 6.07) is 13.7. The third-order valence-electron chi connectivity index (χ3n) is 4.63. The minimum absolute atomic E-state index is 0.0182. The van der Waals surface area contributed by atoms with E-state index in [4.69, 9.17) is 20.8 Å². The minimum atomic E-state index is -0.390. The van der Waals surface area contributed by atoms with Crippen molar-refractivity contribution in [3.05, 3.63) is 65.0 Å². The van der Waals surface area contributed by atoms with Crippen LogP contribution in [0.15, 0.2) is 52.9 Å². The highest BCUT2D eigenvalue weighted by molar-refractivity contribution is 6.30. The van der Waals surface area contributed by atoms with Gasteiger partial charge in [0.1, 0.15) is 5.75 Å². The molecule has 1 atom stereocenters. The molecule has 1 unspecified atom stereocenters. The molecule has 1 aliphatic heterocycles. The quantitative estimate of drug-likeness (QED) is 0.688. The minimum Gasteiger partial charge on any atom is -0.497 e. The second kappa shape index (κ2) is 7.92. The van der Waals surface area contributed by atoms with Gasteiger partial charge in [0.25, 0.3) is 5.91 Å². The molecule has 0 radical (unpaired) electrons. The zero-order valence-corrected chi connectivity index (χ0v) is 16.2. The molecule has 1 fully saturated rings. The highest BCUT2D eigenvalue weighted by Crippen LogP contribution is 2.32. The summed E-state index contributed by atoms with van der Waals surface area (Å²) in [4.78, 5) is 26.3. The van der Waals surface area contributed by atoms with Crippen LogP contribution in [-0.2, 0) is 4.79 Å². The number of nitrogens with one attached hydrogen (secondary N) is 1. The first-order valence-corrected chi connectivity index (χ1v) is 9.26. The summed E-state index contributed by atoms with van der Waals surface area (Å²) in [7, 11) is 1.59. The molecular formula is C20H17ClN4O4. The van der Waals surface area contributed by atoms with E-state index in [1.54, 1.807) is 48.4 Å². The number of aromatic nitrogens is 2. The molecule has 2 aromatic carbocycles. The SMILES string of the molecule is COc1ccc(N2CC(c3nnc(NC(=O)c4ccc(Cl)cc4)o3)CC2=O)cc1. The Hall–Kier alpha value is -3.39. The molecule has 1 aliphatic rings. The summed E-state index contributed by atoms with van der Waals surface area (Å²) in [6.45, 7) is 0.415. The predicted molar refractivity (Wildman–Crippen MR) is 106 cm³/mol. The fourth-order valence-corrected chi connectivity index (χ4v) is 3.23. The number of hydrogen-bond donors (Lipinski definition) is 1. The lowest BCUT2D eigenvalue weighted by Crippen LogP contribution is -2.24. The van der Waals surface area contributed by atoms with Gasteiger partial charge in [-0.05, 0) is 48.5 Å². The number of benzene rings is 2. The first-order chi connectivity index (χ1) is 14.0. The molecule has 1 aromatic heterocycles. The maximum absolute atomic E-state index is 12.4. The molecule has 0 saturated carbocycles.